The fraction of sp³-hybridized carbons (Fsp3) is 0.429. The summed E-state index contributed by atoms with van der Waals surface area (Å²) in [5.41, 5.74) is -0.630. The van der Waals surface area contributed by atoms with Gasteiger partial charge in [0.1, 0.15) is 22.9 Å². The Balaban J connectivity index is 2.71. The first-order chi connectivity index (χ1) is 15.6. The summed E-state index contributed by atoms with van der Waals surface area (Å²) in [6.07, 6.45) is -10.8. The van der Waals surface area contributed by atoms with Crippen LogP contribution in [0.1, 0.15) is 24.7 Å². The SMILES string of the molecule is [2H]c1cc([2H])c(-c2nc(NC(C([2H])([2H])[2H])C(F)(F)F)nc(NC(C([2H])([2H])[2H])C(F)(F)F)n2)nc1Cl. The molecule has 0 radical (unpaired) electrons. The third-order valence-corrected chi connectivity index (χ3v) is 2.85. The van der Waals surface area contributed by atoms with E-state index in [0.29, 0.717) is 0 Å². The topological polar surface area (TPSA) is 75.6 Å². The Labute approximate surface area is 165 Å². The first-order valence-corrected chi connectivity index (χ1v) is 7.05. The molecule has 0 saturated carbocycles. The molecule has 0 amide bonds. The molecule has 0 spiro atoms. The normalized spacial score (nSPS) is 19.8. The first-order valence-electron chi connectivity index (χ1n) is 10.7. The maximum atomic E-state index is 13.3. The Morgan fingerprint density at radius 3 is 1.89 bits per heavy atom. The number of halogens is 7. The van der Waals surface area contributed by atoms with Crippen LogP contribution < -0.4 is 10.6 Å². The maximum absolute atomic E-state index is 13.3. The molecule has 148 valence electrons. The Hall–Kier alpha value is -2.37. The number of aromatic nitrogens is 4. The summed E-state index contributed by atoms with van der Waals surface area (Å²) in [7, 11) is 0. The number of rotatable bonds is 5. The van der Waals surface area contributed by atoms with Gasteiger partial charge in [0.2, 0.25) is 11.9 Å². The van der Waals surface area contributed by atoms with E-state index in [-0.39, 0.29) is 0 Å². The van der Waals surface area contributed by atoms with E-state index in [2.05, 4.69) is 19.9 Å². The molecule has 0 aliphatic heterocycles. The summed E-state index contributed by atoms with van der Waals surface area (Å²) in [4.78, 5) is 13.8. The van der Waals surface area contributed by atoms with E-state index in [1.54, 1.807) is 0 Å². The molecule has 0 aliphatic rings. The lowest BCUT2D eigenvalue weighted by Crippen LogP contribution is -2.35. The zero-order valence-electron chi connectivity index (χ0n) is 20.7. The highest BCUT2D eigenvalue weighted by molar-refractivity contribution is 6.29. The van der Waals surface area contributed by atoms with Crippen molar-refractivity contribution in [2.45, 2.75) is 38.1 Å². The van der Waals surface area contributed by atoms with Crippen molar-refractivity contribution in [1.29, 1.82) is 0 Å². The largest absolute Gasteiger partial charge is 0.408 e. The maximum Gasteiger partial charge on any atom is 0.408 e. The second kappa shape index (κ2) is 7.71. The molecule has 2 rings (SSSR count). The van der Waals surface area contributed by atoms with Gasteiger partial charge in [-0.15, -0.1) is 0 Å². The van der Waals surface area contributed by atoms with Gasteiger partial charge in [-0.25, -0.2) is 4.98 Å². The van der Waals surface area contributed by atoms with Crippen LogP contribution in [-0.2, 0) is 0 Å². The lowest BCUT2D eigenvalue weighted by Gasteiger charge is -2.20. The first kappa shape index (κ1) is 12.2. The molecule has 0 aromatic carbocycles. The van der Waals surface area contributed by atoms with Gasteiger partial charge in [-0.1, -0.05) is 17.7 Å². The minimum atomic E-state index is -5.41. The fourth-order valence-electron chi connectivity index (χ4n) is 1.47. The van der Waals surface area contributed by atoms with Crippen LogP contribution >= 0.6 is 11.6 Å². The summed E-state index contributed by atoms with van der Waals surface area (Å²) in [5.74, 6) is -3.32. The smallest absolute Gasteiger partial charge is 0.343 e. The molecule has 2 heterocycles. The highest BCUT2D eigenvalue weighted by atomic mass is 35.5. The lowest BCUT2D eigenvalue weighted by molar-refractivity contribution is -0.139. The molecule has 2 unspecified atom stereocenters. The zero-order valence-corrected chi connectivity index (χ0v) is 13.4. The van der Waals surface area contributed by atoms with Gasteiger partial charge in [-0.3, -0.25) is 0 Å². The summed E-state index contributed by atoms with van der Waals surface area (Å²) < 4.78 is 138. The summed E-state index contributed by atoms with van der Waals surface area (Å²) >= 11 is 5.69. The standard InChI is InChI=1S/C14H13ClF6N6/c1-6(13(16,17)18)22-11-25-10(8-4-3-5-9(15)24-8)26-12(27-11)23-7(2)14(19,20)21/h3-7H,1-2H3,(H2,22,23,25,26,27)/i1D3,2D3,4D,5D. The quantitative estimate of drug-likeness (QED) is 0.552. The van der Waals surface area contributed by atoms with E-state index in [4.69, 9.17) is 22.6 Å². The van der Waals surface area contributed by atoms with E-state index in [9.17, 15) is 26.3 Å². The molecule has 0 aliphatic carbocycles. The molecule has 2 atom stereocenters. The number of alkyl halides is 6. The van der Waals surface area contributed by atoms with Crippen LogP contribution in [0.15, 0.2) is 18.2 Å². The van der Waals surface area contributed by atoms with E-state index in [0.717, 1.165) is 6.07 Å². The molecule has 2 N–H and O–H groups in total. The van der Waals surface area contributed by atoms with Crippen LogP contribution in [0.5, 0.6) is 0 Å². The molecular weight excluding hydrogens is 402 g/mol. The van der Waals surface area contributed by atoms with Gasteiger partial charge in [-0.2, -0.15) is 41.3 Å². The number of anilines is 2. The van der Waals surface area contributed by atoms with E-state index in [1.807, 2.05) is 0 Å². The van der Waals surface area contributed by atoms with Crippen LogP contribution in [0.2, 0.25) is 5.15 Å². The lowest BCUT2D eigenvalue weighted by atomic mass is 10.3. The predicted octanol–water partition coefficient (Wildman–Crippen LogP) is 4.31. The van der Waals surface area contributed by atoms with Crippen LogP contribution in [-0.4, -0.2) is 44.4 Å². The van der Waals surface area contributed by atoms with Gasteiger partial charge in [-0.05, 0) is 25.8 Å². The number of nitrogens with zero attached hydrogens (tertiary/aromatic N) is 4. The van der Waals surface area contributed by atoms with Gasteiger partial charge in [0.05, 0.1) is 2.74 Å². The van der Waals surface area contributed by atoms with Gasteiger partial charge >= 0.3 is 12.4 Å². The van der Waals surface area contributed by atoms with Crippen molar-refractivity contribution in [2.24, 2.45) is 0 Å². The molecule has 6 nitrogen and oxygen atoms in total. The van der Waals surface area contributed by atoms with E-state index < -0.39 is 78.8 Å². The van der Waals surface area contributed by atoms with Gasteiger partial charge in [0, 0.05) is 8.22 Å². The average molecular weight is 423 g/mol. The summed E-state index contributed by atoms with van der Waals surface area (Å²) in [6, 6.07) is -6.85. The van der Waals surface area contributed by atoms with Crippen LogP contribution in [0.4, 0.5) is 38.2 Å². The molecule has 0 fully saturated rings. The summed E-state index contributed by atoms with van der Waals surface area (Å²) in [5, 5.41) is 2.33. The second-order valence-electron chi connectivity index (χ2n) is 4.73. The Bertz CT molecular complexity index is 997. The Kier molecular flexibility index (Phi) is 3.47. The number of nitrogens with one attached hydrogen (secondary N) is 2. The minimum Gasteiger partial charge on any atom is -0.343 e. The number of pyridine rings is 1. The average Bonchev–Trinajstić information content (AvgIpc) is 2.63. The summed E-state index contributed by atoms with van der Waals surface area (Å²) in [6.45, 7) is -7.44. The minimum absolute atomic E-state index is 0.453. The van der Waals surface area contributed by atoms with Crippen molar-refractivity contribution in [3.63, 3.8) is 0 Å². The van der Waals surface area contributed by atoms with Crippen molar-refractivity contribution in [3.05, 3.63) is 23.3 Å². The van der Waals surface area contributed by atoms with Gasteiger partial charge in [0.25, 0.3) is 0 Å². The van der Waals surface area contributed by atoms with Crippen molar-refractivity contribution < 1.29 is 37.3 Å². The van der Waals surface area contributed by atoms with Crippen molar-refractivity contribution in [3.8, 4) is 11.5 Å². The van der Waals surface area contributed by atoms with Crippen molar-refractivity contribution in [1.82, 2.24) is 19.9 Å². The van der Waals surface area contributed by atoms with Crippen molar-refractivity contribution >= 4 is 23.5 Å². The van der Waals surface area contributed by atoms with E-state index in [1.165, 1.54) is 10.6 Å². The van der Waals surface area contributed by atoms with Crippen LogP contribution in [0.3, 0.4) is 0 Å². The Morgan fingerprint density at radius 1 is 0.926 bits per heavy atom. The molecule has 0 saturated heterocycles. The molecule has 27 heavy (non-hydrogen) atoms. The third kappa shape index (κ3) is 5.81. The fourth-order valence-corrected chi connectivity index (χ4v) is 1.61. The highest BCUT2D eigenvalue weighted by Gasteiger charge is 2.38. The van der Waals surface area contributed by atoms with Gasteiger partial charge in [0.15, 0.2) is 5.82 Å². The van der Waals surface area contributed by atoms with E-state index >= 15 is 0 Å². The molecule has 0 bridgehead atoms. The number of hydrogen-bond donors (Lipinski definition) is 2. The predicted molar refractivity (Wildman–Crippen MR) is 86.3 cm³/mol. The highest BCUT2D eigenvalue weighted by Crippen LogP contribution is 2.26. The van der Waals surface area contributed by atoms with Crippen molar-refractivity contribution in [2.75, 3.05) is 10.6 Å². The second-order valence-corrected chi connectivity index (χ2v) is 5.09. The number of hydrogen-bond acceptors (Lipinski definition) is 6. The van der Waals surface area contributed by atoms with Crippen LogP contribution in [0.25, 0.3) is 11.5 Å². The monoisotopic (exact) mass is 422 g/mol. The Morgan fingerprint density at radius 2 is 1.44 bits per heavy atom. The molecular formula is C14H13ClF6N6. The van der Waals surface area contributed by atoms with Crippen LogP contribution in [0, 0.1) is 0 Å². The molecule has 2 aromatic rings. The zero-order chi connectivity index (χ0) is 27.1. The van der Waals surface area contributed by atoms with Gasteiger partial charge < -0.3 is 10.6 Å². The molecule has 13 heteroatoms. The third-order valence-electron chi connectivity index (χ3n) is 2.66. The molecule has 2 aromatic heterocycles.